The monoisotopic (exact) mass is 296 g/mol. The highest BCUT2D eigenvalue weighted by Gasteiger charge is 2.35. The molecule has 1 amide bonds. The Morgan fingerprint density at radius 3 is 2.24 bits per heavy atom. The Hall–Kier alpha value is -0.570. The van der Waals surface area contributed by atoms with Crippen molar-refractivity contribution in [2.24, 2.45) is 28.4 Å². The molecule has 0 saturated heterocycles. The summed E-state index contributed by atoms with van der Waals surface area (Å²) in [6.45, 7) is 12.3. The van der Waals surface area contributed by atoms with E-state index in [2.05, 4.69) is 39.9 Å². The minimum absolute atomic E-state index is 0.0532. The lowest BCUT2D eigenvalue weighted by atomic mass is 9.78. The van der Waals surface area contributed by atoms with Crippen molar-refractivity contribution in [1.29, 1.82) is 0 Å². The van der Waals surface area contributed by atoms with Crippen molar-refractivity contribution in [2.75, 3.05) is 13.1 Å². The molecule has 3 nitrogen and oxygen atoms in total. The smallest absolute Gasteiger partial charge is 0.224 e. The highest BCUT2D eigenvalue weighted by atomic mass is 16.1. The van der Waals surface area contributed by atoms with Crippen LogP contribution in [0.2, 0.25) is 0 Å². The molecule has 1 fully saturated rings. The van der Waals surface area contributed by atoms with E-state index >= 15 is 0 Å². The van der Waals surface area contributed by atoms with Crippen molar-refractivity contribution in [3.05, 3.63) is 0 Å². The predicted molar refractivity (Wildman–Crippen MR) is 90.0 cm³/mol. The van der Waals surface area contributed by atoms with Crippen LogP contribution in [0, 0.1) is 22.7 Å². The molecule has 0 aromatic carbocycles. The van der Waals surface area contributed by atoms with E-state index in [0.29, 0.717) is 17.9 Å². The van der Waals surface area contributed by atoms with E-state index < -0.39 is 0 Å². The molecule has 1 aliphatic rings. The van der Waals surface area contributed by atoms with E-state index in [1.54, 1.807) is 0 Å². The molecule has 1 unspecified atom stereocenters. The van der Waals surface area contributed by atoms with Crippen LogP contribution in [0.25, 0.3) is 0 Å². The minimum atomic E-state index is -0.0532. The normalized spacial score (nSPS) is 19.8. The molecule has 1 rings (SSSR count). The molecule has 0 spiro atoms. The Labute approximate surface area is 131 Å². The molecule has 21 heavy (non-hydrogen) atoms. The van der Waals surface area contributed by atoms with Gasteiger partial charge in [-0.25, -0.2) is 0 Å². The van der Waals surface area contributed by atoms with Crippen molar-refractivity contribution < 1.29 is 4.79 Å². The molecule has 1 saturated carbocycles. The summed E-state index contributed by atoms with van der Waals surface area (Å²) in [5, 5.41) is 3.23. The molecular weight excluding hydrogens is 260 g/mol. The van der Waals surface area contributed by atoms with Gasteiger partial charge in [0, 0.05) is 13.1 Å². The van der Waals surface area contributed by atoms with Crippen molar-refractivity contribution >= 4 is 5.91 Å². The van der Waals surface area contributed by atoms with Gasteiger partial charge in [0.25, 0.3) is 0 Å². The Morgan fingerprint density at radius 2 is 1.81 bits per heavy atom. The Bertz CT molecular complexity index is 325. The van der Waals surface area contributed by atoms with Gasteiger partial charge in [0.2, 0.25) is 5.91 Å². The van der Waals surface area contributed by atoms with E-state index in [0.717, 1.165) is 13.0 Å². The second kappa shape index (κ2) is 7.62. The predicted octanol–water partition coefficient (Wildman–Crippen LogP) is 3.72. The second-order valence-electron chi connectivity index (χ2n) is 8.72. The summed E-state index contributed by atoms with van der Waals surface area (Å²) >= 11 is 0. The van der Waals surface area contributed by atoms with Crippen LogP contribution >= 0.6 is 0 Å². The van der Waals surface area contributed by atoms with E-state index in [1.807, 2.05) is 0 Å². The third-order valence-electron chi connectivity index (χ3n) is 4.66. The van der Waals surface area contributed by atoms with Crippen LogP contribution in [-0.4, -0.2) is 19.0 Å². The van der Waals surface area contributed by atoms with E-state index in [1.165, 1.54) is 32.1 Å². The SMILES string of the molecule is CC(C)CC1(CNC(=O)C(CN)CC(C)(C)C)CCCC1. The van der Waals surface area contributed by atoms with Crippen LogP contribution in [0.15, 0.2) is 0 Å². The zero-order chi connectivity index (χ0) is 16.1. The molecule has 0 aliphatic heterocycles. The lowest BCUT2D eigenvalue weighted by Gasteiger charge is -2.32. The van der Waals surface area contributed by atoms with Crippen molar-refractivity contribution in [2.45, 2.75) is 73.1 Å². The van der Waals surface area contributed by atoms with Crippen molar-refractivity contribution in [3.63, 3.8) is 0 Å². The van der Waals surface area contributed by atoms with E-state index in [9.17, 15) is 4.79 Å². The van der Waals surface area contributed by atoms with E-state index in [-0.39, 0.29) is 17.2 Å². The number of rotatable bonds is 7. The molecule has 0 heterocycles. The van der Waals surface area contributed by atoms with Crippen LogP contribution in [0.5, 0.6) is 0 Å². The Morgan fingerprint density at radius 1 is 1.24 bits per heavy atom. The van der Waals surface area contributed by atoms with Gasteiger partial charge in [0.05, 0.1) is 5.92 Å². The van der Waals surface area contributed by atoms with Crippen LogP contribution in [-0.2, 0) is 4.79 Å². The van der Waals surface area contributed by atoms with Crippen LogP contribution in [0.4, 0.5) is 0 Å². The summed E-state index contributed by atoms with van der Waals surface area (Å²) in [7, 11) is 0. The number of hydrogen-bond acceptors (Lipinski definition) is 2. The van der Waals surface area contributed by atoms with Gasteiger partial charge < -0.3 is 11.1 Å². The molecule has 0 aromatic heterocycles. The molecule has 3 N–H and O–H groups in total. The highest BCUT2D eigenvalue weighted by Crippen LogP contribution is 2.42. The van der Waals surface area contributed by atoms with Gasteiger partial charge in [-0.3, -0.25) is 4.79 Å². The lowest BCUT2D eigenvalue weighted by molar-refractivity contribution is -0.126. The zero-order valence-corrected chi connectivity index (χ0v) is 14.8. The maximum absolute atomic E-state index is 12.4. The standard InChI is InChI=1S/C18H36N2O/c1-14(2)10-18(8-6-7-9-18)13-20-16(21)15(12-19)11-17(3,4)5/h14-15H,6-13,19H2,1-5H3,(H,20,21). The second-order valence-corrected chi connectivity index (χ2v) is 8.72. The Kier molecular flexibility index (Phi) is 6.71. The summed E-state index contributed by atoms with van der Waals surface area (Å²) in [5.41, 5.74) is 6.30. The maximum Gasteiger partial charge on any atom is 0.224 e. The van der Waals surface area contributed by atoms with Gasteiger partial charge in [-0.1, -0.05) is 47.5 Å². The van der Waals surface area contributed by atoms with Gasteiger partial charge in [-0.15, -0.1) is 0 Å². The fraction of sp³-hybridized carbons (Fsp3) is 0.944. The lowest BCUT2D eigenvalue weighted by Crippen LogP contribution is -2.42. The third-order valence-corrected chi connectivity index (χ3v) is 4.66. The highest BCUT2D eigenvalue weighted by molar-refractivity contribution is 5.79. The summed E-state index contributed by atoms with van der Waals surface area (Å²) in [6, 6.07) is 0. The first kappa shape index (κ1) is 18.5. The Balaban J connectivity index is 2.56. The topological polar surface area (TPSA) is 55.1 Å². The fourth-order valence-electron chi connectivity index (χ4n) is 3.89. The maximum atomic E-state index is 12.4. The molecular formula is C18H36N2O. The molecule has 124 valence electrons. The van der Waals surface area contributed by atoms with Crippen LogP contribution in [0.3, 0.4) is 0 Å². The summed E-state index contributed by atoms with van der Waals surface area (Å²) in [4.78, 5) is 12.4. The summed E-state index contributed by atoms with van der Waals surface area (Å²) in [6.07, 6.45) is 7.22. The first-order valence-electron chi connectivity index (χ1n) is 8.65. The largest absolute Gasteiger partial charge is 0.355 e. The number of hydrogen-bond donors (Lipinski definition) is 2. The van der Waals surface area contributed by atoms with Gasteiger partial charge in [0.15, 0.2) is 0 Å². The van der Waals surface area contributed by atoms with Crippen LogP contribution < -0.4 is 11.1 Å². The van der Waals surface area contributed by atoms with Gasteiger partial charge in [-0.2, -0.15) is 0 Å². The molecule has 0 bridgehead atoms. The average Bonchev–Trinajstić information content (AvgIpc) is 2.80. The minimum Gasteiger partial charge on any atom is -0.355 e. The zero-order valence-electron chi connectivity index (χ0n) is 14.8. The third kappa shape index (κ3) is 6.37. The van der Waals surface area contributed by atoms with Crippen molar-refractivity contribution in [1.82, 2.24) is 5.32 Å². The molecule has 3 heteroatoms. The molecule has 0 aromatic rings. The van der Waals surface area contributed by atoms with E-state index in [4.69, 9.17) is 5.73 Å². The molecule has 1 atom stereocenters. The summed E-state index contributed by atoms with van der Waals surface area (Å²) < 4.78 is 0. The number of carbonyl (C=O) groups is 1. The molecule has 0 radical (unpaired) electrons. The number of carbonyl (C=O) groups excluding carboxylic acids is 1. The number of nitrogens with one attached hydrogen (secondary N) is 1. The van der Waals surface area contributed by atoms with Gasteiger partial charge in [0.1, 0.15) is 0 Å². The fourth-order valence-corrected chi connectivity index (χ4v) is 3.89. The number of nitrogens with two attached hydrogens (primary N) is 1. The first-order chi connectivity index (χ1) is 9.67. The average molecular weight is 296 g/mol. The number of amides is 1. The molecule has 1 aliphatic carbocycles. The summed E-state index contributed by atoms with van der Waals surface area (Å²) in [5.74, 6) is 0.796. The van der Waals surface area contributed by atoms with Crippen molar-refractivity contribution in [3.8, 4) is 0 Å². The van der Waals surface area contributed by atoms with Crippen LogP contribution in [0.1, 0.15) is 73.1 Å². The van der Waals surface area contributed by atoms with Gasteiger partial charge >= 0.3 is 0 Å². The quantitative estimate of drug-likeness (QED) is 0.752. The first-order valence-corrected chi connectivity index (χ1v) is 8.65. The van der Waals surface area contributed by atoms with Gasteiger partial charge in [-0.05, 0) is 42.4 Å².